The lowest BCUT2D eigenvalue weighted by Crippen LogP contribution is -2.38. The van der Waals surface area contributed by atoms with Crippen LogP contribution in [0.4, 0.5) is 8.78 Å². The van der Waals surface area contributed by atoms with Gasteiger partial charge in [0, 0.05) is 49.5 Å². The number of aliphatic imine (C=N–C) groups is 1. The summed E-state index contributed by atoms with van der Waals surface area (Å²) in [6.07, 6.45) is 4.64. The molecule has 0 amide bonds. The summed E-state index contributed by atoms with van der Waals surface area (Å²) in [6, 6.07) is 10.3. The lowest BCUT2D eigenvalue weighted by atomic mass is 10.2. The number of pyridine rings is 1. The fraction of sp³-hybridized carbons (Fsp3) is 0.263. The highest BCUT2D eigenvalue weighted by atomic mass is 127. The van der Waals surface area contributed by atoms with Gasteiger partial charge in [0.15, 0.2) is 5.96 Å². The van der Waals surface area contributed by atoms with Gasteiger partial charge in [-0.25, -0.2) is 4.98 Å². The van der Waals surface area contributed by atoms with E-state index < -0.39 is 6.61 Å². The van der Waals surface area contributed by atoms with Crippen LogP contribution in [0.5, 0.6) is 5.75 Å². The largest absolute Gasteiger partial charge is 0.434 e. The summed E-state index contributed by atoms with van der Waals surface area (Å²) in [5, 5.41) is 6.68. The van der Waals surface area contributed by atoms with Crippen LogP contribution >= 0.6 is 35.6 Å². The van der Waals surface area contributed by atoms with E-state index in [1.54, 1.807) is 13.1 Å². The topological polar surface area (TPSA) is 63.0 Å². The van der Waals surface area contributed by atoms with Crippen LogP contribution in [0.3, 0.4) is 0 Å². The Morgan fingerprint density at radius 2 is 2.10 bits per heavy atom. The lowest BCUT2D eigenvalue weighted by Gasteiger charge is -2.14. The van der Waals surface area contributed by atoms with E-state index in [-0.39, 0.29) is 36.3 Å². The molecule has 2 aromatic heterocycles. The molecule has 2 N–H and O–H groups in total. The van der Waals surface area contributed by atoms with Crippen LogP contribution < -0.4 is 15.4 Å². The number of rotatable bonds is 7. The maximum atomic E-state index is 12.6. The molecular formula is C19H21ClF2IN5O. The molecule has 0 aliphatic carbocycles. The molecule has 156 valence electrons. The number of benzene rings is 1. The first-order valence-corrected chi connectivity index (χ1v) is 9.03. The van der Waals surface area contributed by atoms with Gasteiger partial charge >= 0.3 is 6.61 Å². The highest BCUT2D eigenvalue weighted by molar-refractivity contribution is 14.0. The number of hydrogen-bond acceptors (Lipinski definition) is 3. The molecule has 3 rings (SSSR count). The van der Waals surface area contributed by atoms with E-state index in [0.29, 0.717) is 29.5 Å². The van der Waals surface area contributed by atoms with Gasteiger partial charge in [0.1, 0.15) is 11.4 Å². The van der Waals surface area contributed by atoms with E-state index in [1.807, 2.05) is 35.0 Å². The monoisotopic (exact) mass is 535 g/mol. The number of nitrogens with zero attached hydrogens (tertiary/aromatic N) is 3. The zero-order valence-electron chi connectivity index (χ0n) is 15.6. The van der Waals surface area contributed by atoms with Crippen LogP contribution in [0.1, 0.15) is 11.3 Å². The Hall–Kier alpha value is -2.14. The molecule has 0 unspecified atom stereocenters. The number of guanidine groups is 1. The number of aromatic nitrogens is 2. The van der Waals surface area contributed by atoms with E-state index in [9.17, 15) is 8.78 Å². The molecule has 3 aromatic rings. The average Bonchev–Trinajstić information content (AvgIpc) is 3.08. The van der Waals surface area contributed by atoms with Crippen molar-refractivity contribution in [3.8, 4) is 5.75 Å². The third-order valence-electron chi connectivity index (χ3n) is 4.00. The number of alkyl halides is 2. The van der Waals surface area contributed by atoms with Crippen LogP contribution in [-0.4, -0.2) is 35.5 Å². The minimum Gasteiger partial charge on any atom is -0.434 e. The van der Waals surface area contributed by atoms with Gasteiger partial charge in [0.25, 0.3) is 0 Å². The van der Waals surface area contributed by atoms with Crippen LogP contribution in [0, 0.1) is 0 Å². The van der Waals surface area contributed by atoms with Crippen molar-refractivity contribution in [3.05, 3.63) is 65.1 Å². The quantitative estimate of drug-likeness (QED) is 0.272. The highest BCUT2D eigenvalue weighted by Crippen LogP contribution is 2.24. The van der Waals surface area contributed by atoms with E-state index in [1.165, 1.54) is 12.1 Å². The first-order valence-electron chi connectivity index (χ1n) is 8.65. The minimum atomic E-state index is -2.90. The maximum Gasteiger partial charge on any atom is 0.387 e. The Bertz CT molecular complexity index is 934. The zero-order valence-corrected chi connectivity index (χ0v) is 18.7. The first-order chi connectivity index (χ1) is 13.5. The van der Waals surface area contributed by atoms with Crippen LogP contribution in [0.25, 0.3) is 5.65 Å². The van der Waals surface area contributed by atoms with Crippen molar-refractivity contribution in [1.29, 1.82) is 0 Å². The number of hydrogen-bond donors (Lipinski definition) is 2. The van der Waals surface area contributed by atoms with Crippen molar-refractivity contribution in [3.63, 3.8) is 0 Å². The van der Waals surface area contributed by atoms with Crippen LogP contribution in [-0.2, 0) is 13.0 Å². The lowest BCUT2D eigenvalue weighted by molar-refractivity contribution is -0.0504. The Labute approximate surface area is 189 Å². The molecule has 0 spiro atoms. The average molecular weight is 536 g/mol. The Balaban J connectivity index is 0.00000300. The Kier molecular flexibility index (Phi) is 8.90. The van der Waals surface area contributed by atoms with Gasteiger partial charge in [-0.3, -0.25) is 4.99 Å². The molecule has 6 nitrogen and oxygen atoms in total. The van der Waals surface area contributed by atoms with Gasteiger partial charge in [-0.1, -0.05) is 17.7 Å². The molecular weight excluding hydrogens is 515 g/mol. The third kappa shape index (κ3) is 6.70. The molecule has 0 aliphatic heterocycles. The van der Waals surface area contributed by atoms with E-state index in [4.69, 9.17) is 11.6 Å². The molecule has 0 saturated carbocycles. The summed E-state index contributed by atoms with van der Waals surface area (Å²) < 4.78 is 31.6. The fourth-order valence-electron chi connectivity index (χ4n) is 2.71. The van der Waals surface area contributed by atoms with Gasteiger partial charge in [-0.15, -0.1) is 24.0 Å². The van der Waals surface area contributed by atoms with Crippen LogP contribution in [0.15, 0.2) is 53.8 Å². The van der Waals surface area contributed by atoms with Gasteiger partial charge in [0.2, 0.25) is 0 Å². The summed E-state index contributed by atoms with van der Waals surface area (Å²) in [7, 11) is 1.63. The maximum absolute atomic E-state index is 12.6. The molecule has 10 heteroatoms. The second kappa shape index (κ2) is 11.1. The summed E-state index contributed by atoms with van der Waals surface area (Å²) in [4.78, 5) is 8.68. The number of halogens is 4. The molecule has 0 aliphatic rings. The molecule has 29 heavy (non-hydrogen) atoms. The fourth-order valence-corrected chi connectivity index (χ4v) is 2.91. The molecule has 2 heterocycles. The van der Waals surface area contributed by atoms with E-state index in [2.05, 4.69) is 25.3 Å². The highest BCUT2D eigenvalue weighted by Gasteiger charge is 2.11. The minimum absolute atomic E-state index is 0. The summed E-state index contributed by atoms with van der Waals surface area (Å²) in [6.45, 7) is -2.06. The number of fused-ring (bicyclic) bond motifs is 1. The smallest absolute Gasteiger partial charge is 0.387 e. The molecule has 0 atom stereocenters. The van der Waals surface area contributed by atoms with Crippen LogP contribution in [0.2, 0.25) is 5.02 Å². The van der Waals surface area contributed by atoms with E-state index >= 15 is 0 Å². The normalized spacial score (nSPS) is 11.4. The summed E-state index contributed by atoms with van der Waals surface area (Å²) in [5.74, 6) is 0.610. The SMILES string of the molecule is CN=C(NCCc1cn2ccccc2n1)NCc1cc(Cl)ccc1OC(F)F.I. The predicted molar refractivity (Wildman–Crippen MR) is 121 cm³/mol. The summed E-state index contributed by atoms with van der Waals surface area (Å²) >= 11 is 5.96. The first kappa shape index (κ1) is 23.1. The van der Waals surface area contributed by atoms with Crippen molar-refractivity contribution in [2.45, 2.75) is 19.6 Å². The van der Waals surface area contributed by atoms with Gasteiger partial charge < -0.3 is 19.8 Å². The van der Waals surface area contributed by atoms with Gasteiger partial charge in [0.05, 0.1) is 5.69 Å². The molecule has 0 fully saturated rings. The van der Waals surface area contributed by atoms with Crippen molar-refractivity contribution >= 4 is 47.2 Å². The van der Waals surface area contributed by atoms with Crippen molar-refractivity contribution < 1.29 is 13.5 Å². The Morgan fingerprint density at radius 1 is 1.28 bits per heavy atom. The van der Waals surface area contributed by atoms with Crippen molar-refractivity contribution in [2.24, 2.45) is 4.99 Å². The Morgan fingerprint density at radius 3 is 2.83 bits per heavy atom. The second-order valence-electron chi connectivity index (χ2n) is 5.93. The standard InChI is InChI=1S/C19H20ClF2N5O.HI/c1-23-19(24-8-7-15-12-27-9-3-2-4-17(27)26-15)25-11-13-10-14(20)5-6-16(13)28-18(21)22;/h2-6,9-10,12,18H,7-8,11H2,1H3,(H2,23,24,25);1H. The molecule has 0 saturated heterocycles. The second-order valence-corrected chi connectivity index (χ2v) is 6.37. The number of imidazole rings is 1. The zero-order chi connectivity index (χ0) is 19.9. The third-order valence-corrected chi connectivity index (χ3v) is 4.23. The van der Waals surface area contributed by atoms with Crippen molar-refractivity contribution in [1.82, 2.24) is 20.0 Å². The van der Waals surface area contributed by atoms with E-state index in [0.717, 1.165) is 11.3 Å². The molecule has 0 bridgehead atoms. The molecule has 0 radical (unpaired) electrons. The summed E-state index contributed by atoms with van der Waals surface area (Å²) in [5.41, 5.74) is 2.36. The van der Waals surface area contributed by atoms with Crippen molar-refractivity contribution in [2.75, 3.05) is 13.6 Å². The van der Waals surface area contributed by atoms with Gasteiger partial charge in [-0.2, -0.15) is 8.78 Å². The van der Waals surface area contributed by atoms with Gasteiger partial charge in [-0.05, 0) is 30.3 Å². The number of nitrogens with one attached hydrogen (secondary N) is 2. The number of ether oxygens (including phenoxy) is 1. The molecule has 1 aromatic carbocycles. The predicted octanol–water partition coefficient (Wildman–Crippen LogP) is 4.11.